The van der Waals surface area contributed by atoms with Crippen LogP contribution in [0.5, 0.6) is 11.5 Å². The zero-order chi connectivity index (χ0) is 23.4. The van der Waals surface area contributed by atoms with Gasteiger partial charge in [-0.25, -0.2) is 0 Å². The van der Waals surface area contributed by atoms with Gasteiger partial charge in [-0.2, -0.15) is 0 Å². The highest BCUT2D eigenvalue weighted by atomic mass is 35.5. The van der Waals surface area contributed by atoms with Crippen LogP contribution in [0.3, 0.4) is 0 Å². The van der Waals surface area contributed by atoms with Crippen molar-refractivity contribution < 1.29 is 14.3 Å². The number of rotatable bonds is 8. The first-order valence-electron chi connectivity index (χ1n) is 11.0. The molecule has 0 bridgehead atoms. The first-order valence-corrected chi connectivity index (χ1v) is 11.4. The van der Waals surface area contributed by atoms with E-state index in [1.54, 1.807) is 0 Å². The van der Waals surface area contributed by atoms with E-state index in [9.17, 15) is 4.79 Å². The van der Waals surface area contributed by atoms with Crippen LogP contribution in [-0.2, 0) is 13.2 Å². The summed E-state index contributed by atoms with van der Waals surface area (Å²) in [6, 6.07) is 20.9. The number of hydrogen-bond donors (Lipinski definition) is 1. The molecule has 0 aliphatic rings. The lowest BCUT2D eigenvalue weighted by Crippen LogP contribution is -2.17. The quantitative estimate of drug-likeness (QED) is 0.311. The highest BCUT2D eigenvalue weighted by Gasteiger charge is 2.20. The molecule has 1 aromatic heterocycles. The lowest BCUT2D eigenvalue weighted by Gasteiger charge is -2.11. The summed E-state index contributed by atoms with van der Waals surface area (Å²) in [5.74, 6) is 1.39. The minimum Gasteiger partial charge on any atom is -0.494 e. The average Bonchev–Trinajstić information content (AvgIpc) is 3.11. The first kappa shape index (κ1) is 22.7. The van der Waals surface area contributed by atoms with Crippen LogP contribution < -0.4 is 14.8 Å². The molecule has 4 aromatic rings. The van der Waals surface area contributed by atoms with Crippen molar-refractivity contribution in [2.24, 2.45) is 0 Å². The third-order valence-electron chi connectivity index (χ3n) is 5.56. The van der Waals surface area contributed by atoms with E-state index in [4.69, 9.17) is 21.1 Å². The van der Waals surface area contributed by atoms with Crippen molar-refractivity contribution in [1.29, 1.82) is 0 Å². The van der Waals surface area contributed by atoms with Gasteiger partial charge in [-0.05, 0) is 86.5 Å². The van der Waals surface area contributed by atoms with Crippen LogP contribution in [0.1, 0.15) is 35.5 Å². The summed E-state index contributed by atoms with van der Waals surface area (Å²) in [4.78, 5) is 13.2. The maximum Gasteiger partial charge on any atom is 0.272 e. The highest BCUT2D eigenvalue weighted by Crippen LogP contribution is 2.30. The van der Waals surface area contributed by atoms with Crippen LogP contribution >= 0.6 is 11.6 Å². The average molecular weight is 463 g/mol. The van der Waals surface area contributed by atoms with Gasteiger partial charge < -0.3 is 19.4 Å². The molecule has 1 amide bonds. The molecule has 6 heteroatoms. The molecule has 0 radical (unpaired) electrons. The molecule has 0 aliphatic heterocycles. The molecule has 5 nitrogen and oxygen atoms in total. The number of aromatic nitrogens is 1. The van der Waals surface area contributed by atoms with Crippen molar-refractivity contribution in [1.82, 2.24) is 4.57 Å². The Morgan fingerprint density at radius 3 is 2.30 bits per heavy atom. The molecule has 0 aliphatic carbocycles. The number of anilines is 1. The van der Waals surface area contributed by atoms with Gasteiger partial charge in [0.2, 0.25) is 0 Å². The van der Waals surface area contributed by atoms with Gasteiger partial charge >= 0.3 is 0 Å². The van der Waals surface area contributed by atoms with Crippen molar-refractivity contribution in [2.45, 2.75) is 33.9 Å². The van der Waals surface area contributed by atoms with Gasteiger partial charge in [-0.15, -0.1) is 0 Å². The molecular formula is C27H27ClN2O3. The fourth-order valence-electron chi connectivity index (χ4n) is 3.95. The van der Waals surface area contributed by atoms with Gasteiger partial charge in [0.1, 0.15) is 23.8 Å². The Morgan fingerprint density at radius 1 is 0.939 bits per heavy atom. The maximum atomic E-state index is 13.2. The minimum atomic E-state index is -0.140. The van der Waals surface area contributed by atoms with Crippen molar-refractivity contribution in [2.75, 3.05) is 11.9 Å². The molecule has 170 valence electrons. The molecule has 1 heterocycles. The summed E-state index contributed by atoms with van der Waals surface area (Å²) < 4.78 is 13.5. The number of aryl methyl sites for hydroxylation is 2. The first-order chi connectivity index (χ1) is 16.0. The topological polar surface area (TPSA) is 52.5 Å². The molecule has 0 atom stereocenters. The van der Waals surface area contributed by atoms with Gasteiger partial charge in [-0.1, -0.05) is 23.7 Å². The van der Waals surface area contributed by atoms with E-state index in [2.05, 4.69) is 5.32 Å². The Bertz CT molecular complexity index is 1260. The molecule has 33 heavy (non-hydrogen) atoms. The molecule has 0 saturated carbocycles. The van der Waals surface area contributed by atoms with E-state index < -0.39 is 0 Å². The third-order valence-corrected chi connectivity index (χ3v) is 5.81. The Kier molecular flexibility index (Phi) is 6.90. The highest BCUT2D eigenvalue weighted by molar-refractivity contribution is 6.30. The lowest BCUT2D eigenvalue weighted by atomic mass is 10.1. The van der Waals surface area contributed by atoms with Gasteiger partial charge in [0.15, 0.2) is 0 Å². The molecule has 0 spiro atoms. The second kappa shape index (κ2) is 10.0. The van der Waals surface area contributed by atoms with E-state index >= 15 is 0 Å². The predicted octanol–water partition coefficient (Wildman–Crippen LogP) is 6.85. The molecule has 1 N–H and O–H groups in total. The van der Waals surface area contributed by atoms with Crippen LogP contribution in [0, 0.1) is 6.92 Å². The number of carbonyl (C=O) groups is 1. The standard InChI is InChI=1S/C27H27ClN2O3/c1-4-30-25-15-14-23(32-5-2)16-24(25)18(3)26(30)27(31)29-21-10-12-22(13-11-21)33-17-19-6-8-20(28)9-7-19/h6-16H,4-5,17H2,1-3H3,(H,29,31). The Balaban J connectivity index is 1.49. The Labute approximate surface area is 198 Å². The minimum absolute atomic E-state index is 0.140. The van der Waals surface area contributed by atoms with Crippen molar-refractivity contribution in [3.8, 4) is 11.5 Å². The summed E-state index contributed by atoms with van der Waals surface area (Å²) in [7, 11) is 0. The Morgan fingerprint density at radius 2 is 1.64 bits per heavy atom. The third kappa shape index (κ3) is 4.99. The maximum absolute atomic E-state index is 13.2. The van der Waals surface area contributed by atoms with E-state index in [0.29, 0.717) is 36.2 Å². The van der Waals surface area contributed by atoms with Crippen LogP contribution in [0.4, 0.5) is 5.69 Å². The van der Waals surface area contributed by atoms with Crippen molar-refractivity contribution >= 4 is 34.1 Å². The Hall–Kier alpha value is -3.44. The number of fused-ring (bicyclic) bond motifs is 1. The van der Waals surface area contributed by atoms with E-state index in [1.165, 1.54) is 0 Å². The largest absolute Gasteiger partial charge is 0.494 e. The number of benzene rings is 3. The smallest absolute Gasteiger partial charge is 0.272 e. The molecule has 0 saturated heterocycles. The fourth-order valence-corrected chi connectivity index (χ4v) is 4.08. The molecule has 3 aromatic carbocycles. The van der Waals surface area contributed by atoms with E-state index in [-0.39, 0.29) is 5.91 Å². The summed E-state index contributed by atoms with van der Waals surface area (Å²) in [5, 5.41) is 4.75. The number of nitrogens with zero attached hydrogens (tertiary/aromatic N) is 1. The van der Waals surface area contributed by atoms with Crippen LogP contribution in [0.15, 0.2) is 66.7 Å². The van der Waals surface area contributed by atoms with Crippen LogP contribution in [0.25, 0.3) is 10.9 Å². The summed E-state index contributed by atoms with van der Waals surface area (Å²) in [6.07, 6.45) is 0. The van der Waals surface area contributed by atoms with Crippen LogP contribution in [-0.4, -0.2) is 17.1 Å². The normalized spacial score (nSPS) is 10.9. The van der Waals surface area contributed by atoms with Crippen LogP contribution in [0.2, 0.25) is 5.02 Å². The fraction of sp³-hybridized carbons (Fsp3) is 0.222. The second-order valence-corrected chi connectivity index (χ2v) is 8.16. The SMILES string of the molecule is CCOc1ccc2c(c1)c(C)c(C(=O)Nc1ccc(OCc3ccc(Cl)cc3)cc1)n2CC. The van der Waals surface area contributed by atoms with Crippen molar-refractivity contribution in [3.05, 3.63) is 88.6 Å². The monoisotopic (exact) mass is 462 g/mol. The van der Waals surface area contributed by atoms with Gasteiger partial charge in [-0.3, -0.25) is 4.79 Å². The summed E-state index contributed by atoms with van der Waals surface area (Å²) >= 11 is 5.92. The van der Waals surface area contributed by atoms with Crippen molar-refractivity contribution in [3.63, 3.8) is 0 Å². The second-order valence-electron chi connectivity index (χ2n) is 7.72. The predicted molar refractivity (Wildman–Crippen MR) is 134 cm³/mol. The van der Waals surface area contributed by atoms with E-state index in [0.717, 1.165) is 33.5 Å². The zero-order valence-corrected chi connectivity index (χ0v) is 19.8. The van der Waals surface area contributed by atoms with Gasteiger partial charge in [0.25, 0.3) is 5.91 Å². The van der Waals surface area contributed by atoms with E-state index in [1.807, 2.05) is 92.1 Å². The molecule has 0 unspecified atom stereocenters. The number of ether oxygens (including phenoxy) is 2. The van der Waals surface area contributed by atoms with Gasteiger partial charge in [0, 0.05) is 28.2 Å². The summed E-state index contributed by atoms with van der Waals surface area (Å²) in [6.45, 7) is 7.72. The number of halogens is 1. The van der Waals surface area contributed by atoms with Gasteiger partial charge in [0.05, 0.1) is 6.61 Å². The zero-order valence-electron chi connectivity index (χ0n) is 19.0. The number of amides is 1. The molecule has 0 fully saturated rings. The molecular weight excluding hydrogens is 436 g/mol. The number of nitrogens with one attached hydrogen (secondary N) is 1. The molecule has 4 rings (SSSR count). The number of carbonyl (C=O) groups excluding carboxylic acids is 1. The number of hydrogen-bond acceptors (Lipinski definition) is 3. The summed E-state index contributed by atoms with van der Waals surface area (Å²) in [5.41, 5.74) is 4.36. The lowest BCUT2D eigenvalue weighted by molar-refractivity contribution is 0.101.